The summed E-state index contributed by atoms with van der Waals surface area (Å²) in [4.78, 5) is 0. The second-order valence-electron chi connectivity index (χ2n) is 4.05. The van der Waals surface area contributed by atoms with Crippen LogP contribution >= 0.6 is 15.9 Å². The Morgan fingerprint density at radius 2 is 1.89 bits per heavy atom. The average molecular weight is 324 g/mol. The van der Waals surface area contributed by atoms with E-state index in [9.17, 15) is 4.39 Å². The summed E-state index contributed by atoms with van der Waals surface area (Å²) >= 11 is 3.40. The van der Waals surface area contributed by atoms with Gasteiger partial charge >= 0.3 is 0 Å². The van der Waals surface area contributed by atoms with Crippen molar-refractivity contribution in [1.29, 1.82) is 0 Å². The Morgan fingerprint density at radius 3 is 2.58 bits per heavy atom. The van der Waals surface area contributed by atoms with E-state index in [1.807, 2.05) is 31.2 Å². The molecule has 2 nitrogen and oxygen atoms in total. The molecule has 2 aromatic carbocycles. The topological polar surface area (TPSA) is 21.3 Å². The lowest BCUT2D eigenvalue weighted by atomic mass is 10.2. The molecule has 0 atom stereocenters. The standard InChI is InChI=1S/C15H15BrFNO/c1-2-19-15-9-13(17)7-8-14(15)18-10-11-3-5-12(16)6-4-11/h3-9,18H,2,10H2,1H3. The van der Waals surface area contributed by atoms with Gasteiger partial charge in [-0.05, 0) is 36.8 Å². The number of benzene rings is 2. The lowest BCUT2D eigenvalue weighted by Crippen LogP contribution is -2.03. The van der Waals surface area contributed by atoms with Gasteiger partial charge in [-0.3, -0.25) is 0 Å². The van der Waals surface area contributed by atoms with Crippen molar-refractivity contribution in [2.45, 2.75) is 13.5 Å². The second kappa shape index (κ2) is 6.57. The van der Waals surface area contributed by atoms with Crippen LogP contribution in [0.25, 0.3) is 0 Å². The van der Waals surface area contributed by atoms with E-state index in [4.69, 9.17) is 4.74 Å². The number of anilines is 1. The number of ether oxygens (including phenoxy) is 1. The molecule has 0 amide bonds. The maximum Gasteiger partial charge on any atom is 0.145 e. The average Bonchev–Trinajstić information content (AvgIpc) is 2.40. The predicted molar refractivity (Wildman–Crippen MR) is 79.0 cm³/mol. The molecule has 0 aliphatic rings. The summed E-state index contributed by atoms with van der Waals surface area (Å²) in [5.41, 5.74) is 1.95. The molecule has 100 valence electrons. The molecule has 0 aromatic heterocycles. The van der Waals surface area contributed by atoms with Crippen LogP contribution in [-0.2, 0) is 6.54 Å². The van der Waals surface area contributed by atoms with E-state index in [0.717, 1.165) is 15.7 Å². The highest BCUT2D eigenvalue weighted by molar-refractivity contribution is 9.10. The highest BCUT2D eigenvalue weighted by Gasteiger charge is 2.05. The van der Waals surface area contributed by atoms with Gasteiger partial charge in [-0.15, -0.1) is 0 Å². The fourth-order valence-electron chi connectivity index (χ4n) is 1.72. The van der Waals surface area contributed by atoms with Crippen LogP contribution in [0.1, 0.15) is 12.5 Å². The summed E-state index contributed by atoms with van der Waals surface area (Å²) in [5, 5.41) is 3.25. The van der Waals surface area contributed by atoms with Crippen LogP contribution in [0.2, 0.25) is 0 Å². The molecule has 2 aromatic rings. The quantitative estimate of drug-likeness (QED) is 0.868. The summed E-state index contributed by atoms with van der Waals surface area (Å²) in [7, 11) is 0. The highest BCUT2D eigenvalue weighted by atomic mass is 79.9. The highest BCUT2D eigenvalue weighted by Crippen LogP contribution is 2.26. The van der Waals surface area contributed by atoms with Gasteiger partial charge in [-0.25, -0.2) is 4.39 Å². The molecule has 0 heterocycles. The third-order valence-corrected chi connectivity index (χ3v) is 3.17. The zero-order chi connectivity index (χ0) is 13.7. The minimum atomic E-state index is -0.294. The van der Waals surface area contributed by atoms with Gasteiger partial charge in [0.2, 0.25) is 0 Å². The predicted octanol–water partition coefficient (Wildman–Crippen LogP) is 4.60. The van der Waals surface area contributed by atoms with Crippen LogP contribution < -0.4 is 10.1 Å². The molecule has 0 saturated carbocycles. The molecule has 2 rings (SSSR count). The number of nitrogens with one attached hydrogen (secondary N) is 1. The molecule has 0 aliphatic carbocycles. The third-order valence-electron chi connectivity index (χ3n) is 2.64. The first-order valence-electron chi connectivity index (χ1n) is 6.09. The van der Waals surface area contributed by atoms with Crippen LogP contribution in [-0.4, -0.2) is 6.61 Å². The van der Waals surface area contributed by atoms with Gasteiger partial charge in [0, 0.05) is 17.1 Å². The first kappa shape index (κ1) is 13.9. The number of hydrogen-bond acceptors (Lipinski definition) is 2. The van der Waals surface area contributed by atoms with Crippen molar-refractivity contribution in [3.63, 3.8) is 0 Å². The summed E-state index contributed by atoms with van der Waals surface area (Å²) in [6.07, 6.45) is 0. The maximum absolute atomic E-state index is 13.2. The van der Waals surface area contributed by atoms with Crippen LogP contribution in [0.3, 0.4) is 0 Å². The molecule has 0 radical (unpaired) electrons. The molecule has 0 bridgehead atoms. The van der Waals surface area contributed by atoms with Crippen molar-refractivity contribution in [3.8, 4) is 5.75 Å². The fourth-order valence-corrected chi connectivity index (χ4v) is 1.98. The van der Waals surface area contributed by atoms with E-state index >= 15 is 0 Å². The summed E-state index contributed by atoms with van der Waals surface area (Å²) in [5.74, 6) is 0.247. The van der Waals surface area contributed by atoms with E-state index < -0.39 is 0 Å². The van der Waals surface area contributed by atoms with E-state index in [2.05, 4.69) is 21.2 Å². The summed E-state index contributed by atoms with van der Waals surface area (Å²) < 4.78 is 19.6. The van der Waals surface area contributed by atoms with Gasteiger partial charge in [0.05, 0.1) is 12.3 Å². The Hall–Kier alpha value is -1.55. The summed E-state index contributed by atoms with van der Waals surface area (Å²) in [6.45, 7) is 3.05. The molecule has 0 fully saturated rings. The van der Waals surface area contributed by atoms with Crippen molar-refractivity contribution >= 4 is 21.6 Å². The van der Waals surface area contributed by atoms with Crippen LogP contribution in [0, 0.1) is 5.82 Å². The molecule has 0 saturated heterocycles. The van der Waals surface area contributed by atoms with Crippen molar-refractivity contribution in [1.82, 2.24) is 0 Å². The van der Waals surface area contributed by atoms with Crippen LogP contribution in [0.15, 0.2) is 46.9 Å². The first-order valence-corrected chi connectivity index (χ1v) is 6.89. The van der Waals surface area contributed by atoms with Crippen LogP contribution in [0.4, 0.5) is 10.1 Å². The zero-order valence-electron chi connectivity index (χ0n) is 10.6. The minimum Gasteiger partial charge on any atom is -0.492 e. The monoisotopic (exact) mass is 323 g/mol. The number of halogens is 2. The van der Waals surface area contributed by atoms with Gasteiger partial charge in [0.1, 0.15) is 11.6 Å². The second-order valence-corrected chi connectivity index (χ2v) is 4.97. The number of hydrogen-bond donors (Lipinski definition) is 1. The fraction of sp³-hybridized carbons (Fsp3) is 0.200. The molecule has 0 unspecified atom stereocenters. The third kappa shape index (κ3) is 3.96. The molecular weight excluding hydrogens is 309 g/mol. The van der Waals surface area contributed by atoms with E-state index in [1.54, 1.807) is 6.07 Å². The normalized spacial score (nSPS) is 10.3. The maximum atomic E-state index is 13.2. The van der Waals surface area contributed by atoms with Gasteiger partial charge in [-0.1, -0.05) is 28.1 Å². The van der Waals surface area contributed by atoms with Crippen molar-refractivity contribution < 1.29 is 9.13 Å². The minimum absolute atomic E-state index is 0.294. The first-order chi connectivity index (χ1) is 9.19. The molecule has 0 aliphatic heterocycles. The molecular formula is C15H15BrFNO. The van der Waals surface area contributed by atoms with Crippen molar-refractivity contribution in [3.05, 3.63) is 58.3 Å². The lowest BCUT2D eigenvalue weighted by molar-refractivity contribution is 0.340. The van der Waals surface area contributed by atoms with E-state index in [0.29, 0.717) is 18.9 Å². The van der Waals surface area contributed by atoms with Crippen LogP contribution in [0.5, 0.6) is 5.75 Å². The largest absolute Gasteiger partial charge is 0.492 e. The Kier molecular flexibility index (Phi) is 4.80. The van der Waals surface area contributed by atoms with Gasteiger partial charge in [-0.2, -0.15) is 0 Å². The Bertz CT molecular complexity index is 542. The van der Waals surface area contributed by atoms with E-state index in [1.165, 1.54) is 12.1 Å². The SMILES string of the molecule is CCOc1cc(F)ccc1NCc1ccc(Br)cc1. The Morgan fingerprint density at radius 1 is 1.16 bits per heavy atom. The Balaban J connectivity index is 2.08. The lowest BCUT2D eigenvalue weighted by Gasteiger charge is -2.12. The van der Waals surface area contributed by atoms with Gasteiger partial charge in [0.25, 0.3) is 0 Å². The van der Waals surface area contributed by atoms with Gasteiger partial charge < -0.3 is 10.1 Å². The van der Waals surface area contributed by atoms with Crippen molar-refractivity contribution in [2.75, 3.05) is 11.9 Å². The summed E-state index contributed by atoms with van der Waals surface area (Å²) in [6, 6.07) is 12.6. The Labute approximate surface area is 120 Å². The van der Waals surface area contributed by atoms with Crippen molar-refractivity contribution in [2.24, 2.45) is 0 Å². The van der Waals surface area contributed by atoms with Gasteiger partial charge in [0.15, 0.2) is 0 Å². The zero-order valence-corrected chi connectivity index (χ0v) is 12.2. The molecule has 19 heavy (non-hydrogen) atoms. The molecule has 4 heteroatoms. The smallest absolute Gasteiger partial charge is 0.145 e. The molecule has 1 N–H and O–H groups in total. The molecule has 0 spiro atoms. The van der Waals surface area contributed by atoms with E-state index in [-0.39, 0.29) is 5.82 Å². The number of rotatable bonds is 5.